The van der Waals surface area contributed by atoms with E-state index >= 15 is 0 Å². The van der Waals surface area contributed by atoms with Crippen LogP contribution in [0.2, 0.25) is 0 Å². The van der Waals surface area contributed by atoms with Gasteiger partial charge in [0.25, 0.3) is 0 Å². The summed E-state index contributed by atoms with van der Waals surface area (Å²) in [5.41, 5.74) is 0. The highest BCUT2D eigenvalue weighted by molar-refractivity contribution is 5.81. The zero-order valence-electron chi connectivity index (χ0n) is 13.8. The zero-order valence-corrected chi connectivity index (χ0v) is 13.8. The summed E-state index contributed by atoms with van der Waals surface area (Å²) >= 11 is 0. The summed E-state index contributed by atoms with van der Waals surface area (Å²) in [6.07, 6.45) is 9.50. The molecule has 126 valence electrons. The second-order valence-electron chi connectivity index (χ2n) is 6.76. The summed E-state index contributed by atoms with van der Waals surface area (Å²) in [7, 11) is 0. The minimum Gasteiger partial charge on any atom is -0.351 e. The molecule has 23 heavy (non-hydrogen) atoms. The maximum Gasteiger partial charge on any atom is 0.244 e. The average Bonchev–Trinajstić information content (AvgIpc) is 3.26. The van der Waals surface area contributed by atoms with Crippen LogP contribution >= 0.6 is 0 Å². The molecule has 6 nitrogen and oxygen atoms in total. The van der Waals surface area contributed by atoms with Gasteiger partial charge in [0.1, 0.15) is 6.04 Å². The standard InChI is InChI=1S/C17H26N4O2/c1-13(21-11-5-8-18-21)16(22)19-15-7-6-14(12-15)17(23)20-9-3-2-4-10-20/h5,8,11,13-15H,2-4,6-7,9-10,12H2,1H3,(H,19,22)/t13?,14-,15+/m1/s1. The Labute approximate surface area is 137 Å². The molecule has 2 aliphatic rings. The van der Waals surface area contributed by atoms with E-state index in [-0.39, 0.29) is 23.9 Å². The third-order valence-corrected chi connectivity index (χ3v) is 5.10. The molecule has 3 atom stereocenters. The van der Waals surface area contributed by atoms with Crippen molar-refractivity contribution in [2.45, 2.75) is 57.5 Å². The smallest absolute Gasteiger partial charge is 0.244 e. The van der Waals surface area contributed by atoms with Crippen LogP contribution in [0.15, 0.2) is 18.5 Å². The summed E-state index contributed by atoms with van der Waals surface area (Å²) in [4.78, 5) is 26.9. The summed E-state index contributed by atoms with van der Waals surface area (Å²) < 4.78 is 1.65. The number of hydrogen-bond donors (Lipinski definition) is 1. The van der Waals surface area contributed by atoms with Crippen molar-refractivity contribution in [2.24, 2.45) is 5.92 Å². The van der Waals surface area contributed by atoms with Crippen LogP contribution in [0.25, 0.3) is 0 Å². The van der Waals surface area contributed by atoms with Crippen molar-refractivity contribution < 1.29 is 9.59 Å². The molecule has 1 unspecified atom stereocenters. The fourth-order valence-corrected chi connectivity index (χ4v) is 3.66. The van der Waals surface area contributed by atoms with Crippen molar-refractivity contribution in [2.75, 3.05) is 13.1 Å². The number of piperidine rings is 1. The lowest BCUT2D eigenvalue weighted by Crippen LogP contribution is -2.41. The summed E-state index contributed by atoms with van der Waals surface area (Å²) in [5, 5.41) is 7.20. The van der Waals surface area contributed by atoms with Gasteiger partial charge in [0.05, 0.1) is 0 Å². The highest BCUT2D eigenvalue weighted by atomic mass is 16.2. The van der Waals surface area contributed by atoms with Gasteiger partial charge in [-0.2, -0.15) is 5.10 Å². The van der Waals surface area contributed by atoms with Crippen LogP contribution in [0.4, 0.5) is 0 Å². The van der Waals surface area contributed by atoms with E-state index in [1.807, 2.05) is 17.9 Å². The fourth-order valence-electron chi connectivity index (χ4n) is 3.66. The van der Waals surface area contributed by atoms with E-state index in [1.54, 1.807) is 17.1 Å². The van der Waals surface area contributed by atoms with Crippen LogP contribution in [0.5, 0.6) is 0 Å². The minimum atomic E-state index is -0.318. The Balaban J connectivity index is 1.49. The number of rotatable bonds is 4. The predicted octanol–water partition coefficient (Wildman–Crippen LogP) is 1.74. The van der Waals surface area contributed by atoms with Crippen LogP contribution in [0, 0.1) is 5.92 Å². The number of amides is 2. The Morgan fingerprint density at radius 2 is 2.00 bits per heavy atom. The first-order valence-corrected chi connectivity index (χ1v) is 8.73. The number of nitrogens with one attached hydrogen (secondary N) is 1. The molecule has 0 aromatic carbocycles. The monoisotopic (exact) mass is 318 g/mol. The number of likely N-dealkylation sites (tertiary alicyclic amines) is 1. The van der Waals surface area contributed by atoms with E-state index in [9.17, 15) is 9.59 Å². The van der Waals surface area contributed by atoms with Gasteiger partial charge in [-0.25, -0.2) is 0 Å². The Bertz CT molecular complexity index is 537. The molecule has 1 saturated carbocycles. The van der Waals surface area contributed by atoms with E-state index in [0.717, 1.165) is 45.2 Å². The van der Waals surface area contributed by atoms with Crippen molar-refractivity contribution in [1.82, 2.24) is 20.0 Å². The first-order valence-electron chi connectivity index (χ1n) is 8.73. The lowest BCUT2D eigenvalue weighted by Gasteiger charge is -2.29. The van der Waals surface area contributed by atoms with E-state index in [2.05, 4.69) is 10.4 Å². The molecule has 6 heteroatoms. The topological polar surface area (TPSA) is 67.2 Å². The average molecular weight is 318 g/mol. The van der Waals surface area contributed by atoms with Crippen molar-refractivity contribution in [1.29, 1.82) is 0 Å². The molecule has 2 amide bonds. The lowest BCUT2D eigenvalue weighted by molar-refractivity contribution is -0.136. The van der Waals surface area contributed by atoms with Crippen LogP contribution < -0.4 is 5.32 Å². The molecular weight excluding hydrogens is 292 g/mol. The van der Waals surface area contributed by atoms with Gasteiger partial charge in [0.2, 0.25) is 11.8 Å². The largest absolute Gasteiger partial charge is 0.351 e. The molecule has 3 rings (SSSR count). The molecule has 1 aromatic heterocycles. The second-order valence-corrected chi connectivity index (χ2v) is 6.76. The summed E-state index contributed by atoms with van der Waals surface area (Å²) in [6.45, 7) is 3.65. The van der Waals surface area contributed by atoms with Crippen molar-refractivity contribution in [3.8, 4) is 0 Å². The van der Waals surface area contributed by atoms with Gasteiger partial charge in [-0.3, -0.25) is 14.3 Å². The zero-order chi connectivity index (χ0) is 16.2. The van der Waals surface area contributed by atoms with Gasteiger partial charge in [-0.05, 0) is 51.5 Å². The first kappa shape index (κ1) is 16.0. The van der Waals surface area contributed by atoms with Crippen molar-refractivity contribution >= 4 is 11.8 Å². The molecule has 2 heterocycles. The molecule has 1 aromatic rings. The summed E-state index contributed by atoms with van der Waals surface area (Å²) in [5.74, 6) is 0.352. The molecule has 0 spiro atoms. The lowest BCUT2D eigenvalue weighted by atomic mass is 10.0. The first-order chi connectivity index (χ1) is 11.1. The van der Waals surface area contributed by atoms with Crippen molar-refractivity contribution in [3.05, 3.63) is 18.5 Å². The quantitative estimate of drug-likeness (QED) is 0.919. The molecule has 0 radical (unpaired) electrons. The Morgan fingerprint density at radius 3 is 2.70 bits per heavy atom. The number of carbonyl (C=O) groups excluding carboxylic acids is 2. The number of carbonyl (C=O) groups is 2. The molecule has 1 saturated heterocycles. The maximum atomic E-state index is 12.6. The van der Waals surface area contributed by atoms with Crippen LogP contribution in [0.3, 0.4) is 0 Å². The van der Waals surface area contributed by atoms with Gasteiger partial charge in [0.15, 0.2) is 0 Å². The maximum absolute atomic E-state index is 12.6. The number of hydrogen-bond acceptors (Lipinski definition) is 3. The van der Waals surface area contributed by atoms with Crippen LogP contribution in [-0.2, 0) is 9.59 Å². The predicted molar refractivity (Wildman–Crippen MR) is 86.6 cm³/mol. The molecule has 2 fully saturated rings. The Morgan fingerprint density at radius 1 is 1.22 bits per heavy atom. The van der Waals surface area contributed by atoms with Gasteiger partial charge < -0.3 is 10.2 Å². The molecule has 1 N–H and O–H groups in total. The molecular formula is C17H26N4O2. The van der Waals surface area contributed by atoms with E-state index in [1.165, 1.54) is 6.42 Å². The minimum absolute atomic E-state index is 0.0234. The number of nitrogens with zero attached hydrogens (tertiary/aromatic N) is 3. The van der Waals surface area contributed by atoms with Crippen LogP contribution in [-0.4, -0.2) is 45.6 Å². The van der Waals surface area contributed by atoms with E-state index in [0.29, 0.717) is 5.91 Å². The van der Waals surface area contributed by atoms with Crippen LogP contribution in [0.1, 0.15) is 51.5 Å². The van der Waals surface area contributed by atoms with Gasteiger partial charge >= 0.3 is 0 Å². The Hall–Kier alpha value is -1.85. The van der Waals surface area contributed by atoms with Gasteiger partial charge in [-0.1, -0.05) is 0 Å². The third-order valence-electron chi connectivity index (χ3n) is 5.10. The van der Waals surface area contributed by atoms with E-state index < -0.39 is 0 Å². The SMILES string of the molecule is CC(C(=O)N[C@H]1CC[C@@H](C(=O)N2CCCCC2)C1)n1cccn1. The molecule has 0 bridgehead atoms. The fraction of sp³-hybridized carbons (Fsp3) is 0.706. The Kier molecular flexibility index (Phi) is 4.98. The van der Waals surface area contributed by atoms with Gasteiger partial charge in [0, 0.05) is 37.4 Å². The molecule has 1 aliphatic heterocycles. The van der Waals surface area contributed by atoms with Gasteiger partial charge in [-0.15, -0.1) is 0 Å². The van der Waals surface area contributed by atoms with Crippen molar-refractivity contribution in [3.63, 3.8) is 0 Å². The summed E-state index contributed by atoms with van der Waals surface area (Å²) in [6, 6.07) is 1.60. The second kappa shape index (κ2) is 7.15. The molecule has 1 aliphatic carbocycles. The van der Waals surface area contributed by atoms with E-state index in [4.69, 9.17) is 0 Å². The third kappa shape index (κ3) is 3.74. The normalized spacial score (nSPS) is 26.0. The highest BCUT2D eigenvalue weighted by Crippen LogP contribution is 2.28. The highest BCUT2D eigenvalue weighted by Gasteiger charge is 2.34. The number of aromatic nitrogens is 2.